The summed E-state index contributed by atoms with van der Waals surface area (Å²) >= 11 is 11.2. The summed E-state index contributed by atoms with van der Waals surface area (Å²) in [5.74, 6) is 0. The van der Waals surface area contributed by atoms with Crippen LogP contribution in [0.15, 0.2) is 12.3 Å². The SMILES string of the molecule is C[C@H]1C(=S)Nc2ccnc(Cl)c2N1C. The third kappa shape index (κ3) is 1.35. The summed E-state index contributed by atoms with van der Waals surface area (Å²) in [6, 6.07) is 2.02. The molecule has 1 aromatic heterocycles. The van der Waals surface area contributed by atoms with Crippen LogP contribution in [0, 0.1) is 0 Å². The molecule has 0 amide bonds. The van der Waals surface area contributed by atoms with Crippen LogP contribution in [0.5, 0.6) is 0 Å². The van der Waals surface area contributed by atoms with Gasteiger partial charge in [0.2, 0.25) is 0 Å². The zero-order chi connectivity index (χ0) is 10.3. The maximum absolute atomic E-state index is 6.01. The highest BCUT2D eigenvalue weighted by Crippen LogP contribution is 2.35. The van der Waals surface area contributed by atoms with Crippen LogP contribution in [0.25, 0.3) is 0 Å². The average molecular weight is 228 g/mol. The number of halogens is 1. The zero-order valence-corrected chi connectivity index (χ0v) is 9.49. The highest BCUT2D eigenvalue weighted by atomic mass is 35.5. The molecule has 0 unspecified atom stereocenters. The van der Waals surface area contributed by atoms with E-state index < -0.39 is 0 Å². The minimum absolute atomic E-state index is 0.152. The molecule has 1 atom stereocenters. The van der Waals surface area contributed by atoms with Gasteiger partial charge in [0.05, 0.1) is 17.4 Å². The highest BCUT2D eigenvalue weighted by molar-refractivity contribution is 7.80. The van der Waals surface area contributed by atoms with Gasteiger partial charge in [0.15, 0.2) is 5.15 Å². The predicted molar refractivity (Wildman–Crippen MR) is 63.3 cm³/mol. The standard InChI is InChI=1S/C9H10ClN3S/c1-5-9(14)12-6-3-4-11-8(10)7(6)13(5)2/h3-5H,1-2H3,(H,12,14)/t5-/m0/s1. The third-order valence-electron chi connectivity index (χ3n) is 2.45. The molecular formula is C9H10ClN3S. The van der Waals surface area contributed by atoms with Crippen molar-refractivity contribution in [2.75, 3.05) is 17.3 Å². The van der Waals surface area contributed by atoms with E-state index in [1.54, 1.807) is 6.20 Å². The molecule has 74 valence electrons. The molecule has 5 heteroatoms. The summed E-state index contributed by atoms with van der Waals surface area (Å²) in [6.07, 6.45) is 1.67. The van der Waals surface area contributed by atoms with E-state index >= 15 is 0 Å². The highest BCUT2D eigenvalue weighted by Gasteiger charge is 2.26. The normalized spacial score (nSPS) is 20.4. The van der Waals surface area contributed by atoms with Crippen molar-refractivity contribution in [1.29, 1.82) is 0 Å². The Balaban J connectivity index is 2.56. The lowest BCUT2D eigenvalue weighted by Gasteiger charge is -2.35. The summed E-state index contributed by atoms with van der Waals surface area (Å²) in [5.41, 5.74) is 1.84. The second-order valence-corrected chi connectivity index (χ2v) is 4.07. The topological polar surface area (TPSA) is 28.2 Å². The molecule has 0 aromatic carbocycles. The molecule has 1 aliphatic heterocycles. The number of fused-ring (bicyclic) bond motifs is 1. The minimum Gasteiger partial charge on any atom is -0.361 e. The van der Waals surface area contributed by atoms with Crippen molar-refractivity contribution in [2.24, 2.45) is 0 Å². The number of nitrogens with one attached hydrogen (secondary N) is 1. The van der Waals surface area contributed by atoms with Crippen LogP contribution in [0.3, 0.4) is 0 Å². The van der Waals surface area contributed by atoms with Crippen molar-refractivity contribution in [3.8, 4) is 0 Å². The van der Waals surface area contributed by atoms with Gasteiger partial charge < -0.3 is 10.2 Å². The molecule has 2 rings (SSSR count). The van der Waals surface area contributed by atoms with E-state index in [-0.39, 0.29) is 6.04 Å². The van der Waals surface area contributed by atoms with Gasteiger partial charge in [-0.1, -0.05) is 23.8 Å². The van der Waals surface area contributed by atoms with Crippen LogP contribution >= 0.6 is 23.8 Å². The van der Waals surface area contributed by atoms with Gasteiger partial charge in [0, 0.05) is 13.2 Å². The van der Waals surface area contributed by atoms with Gasteiger partial charge in [-0.25, -0.2) is 4.98 Å². The number of aromatic nitrogens is 1. The first-order valence-electron chi connectivity index (χ1n) is 4.29. The minimum atomic E-state index is 0.152. The van der Waals surface area contributed by atoms with Crippen LogP contribution in [0.1, 0.15) is 6.92 Å². The molecule has 0 radical (unpaired) electrons. The van der Waals surface area contributed by atoms with Crippen LogP contribution in [0.2, 0.25) is 5.15 Å². The van der Waals surface area contributed by atoms with Gasteiger partial charge in [-0.2, -0.15) is 0 Å². The second kappa shape index (κ2) is 3.37. The van der Waals surface area contributed by atoms with Crippen molar-refractivity contribution >= 4 is 40.2 Å². The van der Waals surface area contributed by atoms with Crippen molar-refractivity contribution in [1.82, 2.24) is 4.98 Å². The average Bonchev–Trinajstić information content (AvgIpc) is 2.14. The van der Waals surface area contributed by atoms with E-state index in [2.05, 4.69) is 10.3 Å². The summed E-state index contributed by atoms with van der Waals surface area (Å²) in [5, 5.41) is 3.65. The molecule has 0 saturated carbocycles. The Labute approximate surface area is 93.1 Å². The predicted octanol–water partition coefficient (Wildman–Crippen LogP) is 2.31. The number of pyridine rings is 1. The lowest BCUT2D eigenvalue weighted by Crippen LogP contribution is -2.43. The molecule has 14 heavy (non-hydrogen) atoms. The molecule has 0 fully saturated rings. The van der Waals surface area contributed by atoms with E-state index in [0.29, 0.717) is 5.15 Å². The lowest BCUT2D eigenvalue weighted by atomic mass is 10.2. The number of thiocarbonyl (C=S) groups is 1. The first-order valence-corrected chi connectivity index (χ1v) is 5.08. The lowest BCUT2D eigenvalue weighted by molar-refractivity contribution is 0.854. The molecule has 1 aliphatic rings. The van der Waals surface area contributed by atoms with Gasteiger partial charge in [-0.05, 0) is 13.0 Å². The molecule has 2 heterocycles. The number of rotatable bonds is 0. The largest absolute Gasteiger partial charge is 0.361 e. The summed E-state index contributed by atoms with van der Waals surface area (Å²) < 4.78 is 0. The number of hydrogen-bond donors (Lipinski definition) is 1. The van der Waals surface area contributed by atoms with E-state index in [0.717, 1.165) is 16.4 Å². The number of nitrogens with zero attached hydrogens (tertiary/aromatic N) is 2. The Hall–Kier alpha value is -0.870. The van der Waals surface area contributed by atoms with Gasteiger partial charge in [0.25, 0.3) is 0 Å². The Morgan fingerprint density at radius 3 is 3.07 bits per heavy atom. The van der Waals surface area contributed by atoms with E-state index in [4.69, 9.17) is 23.8 Å². The smallest absolute Gasteiger partial charge is 0.154 e. The van der Waals surface area contributed by atoms with Crippen LogP contribution in [-0.4, -0.2) is 23.1 Å². The number of anilines is 2. The first kappa shape index (κ1) is 9.68. The van der Waals surface area contributed by atoms with Crippen molar-refractivity contribution < 1.29 is 0 Å². The van der Waals surface area contributed by atoms with Gasteiger partial charge in [-0.15, -0.1) is 0 Å². The Morgan fingerprint density at radius 2 is 2.36 bits per heavy atom. The zero-order valence-electron chi connectivity index (χ0n) is 7.91. The van der Waals surface area contributed by atoms with E-state index in [9.17, 15) is 0 Å². The summed E-state index contributed by atoms with van der Waals surface area (Å²) in [6.45, 7) is 2.03. The van der Waals surface area contributed by atoms with Crippen LogP contribution in [0.4, 0.5) is 11.4 Å². The van der Waals surface area contributed by atoms with E-state index in [1.165, 1.54) is 0 Å². The van der Waals surface area contributed by atoms with Crippen molar-refractivity contribution in [2.45, 2.75) is 13.0 Å². The van der Waals surface area contributed by atoms with Gasteiger partial charge >= 0.3 is 0 Å². The molecule has 0 aliphatic carbocycles. The first-order chi connectivity index (χ1) is 6.61. The van der Waals surface area contributed by atoms with Crippen molar-refractivity contribution in [3.05, 3.63) is 17.4 Å². The van der Waals surface area contributed by atoms with Crippen LogP contribution in [-0.2, 0) is 0 Å². The fourth-order valence-corrected chi connectivity index (χ4v) is 2.03. The Kier molecular flexibility index (Phi) is 2.33. The molecule has 0 bridgehead atoms. The fraction of sp³-hybridized carbons (Fsp3) is 0.333. The van der Waals surface area contributed by atoms with Crippen molar-refractivity contribution in [3.63, 3.8) is 0 Å². The maximum atomic E-state index is 6.01. The fourth-order valence-electron chi connectivity index (χ4n) is 1.47. The Morgan fingerprint density at radius 1 is 1.64 bits per heavy atom. The Bertz CT molecular complexity index is 394. The van der Waals surface area contributed by atoms with Gasteiger partial charge in [-0.3, -0.25) is 0 Å². The van der Waals surface area contributed by atoms with Crippen LogP contribution < -0.4 is 10.2 Å². The molecule has 0 spiro atoms. The molecule has 1 N–H and O–H groups in total. The second-order valence-electron chi connectivity index (χ2n) is 3.27. The molecule has 0 saturated heterocycles. The molecule has 3 nitrogen and oxygen atoms in total. The summed E-state index contributed by atoms with van der Waals surface area (Å²) in [7, 11) is 1.96. The van der Waals surface area contributed by atoms with Gasteiger partial charge in [0.1, 0.15) is 4.99 Å². The number of hydrogen-bond acceptors (Lipinski definition) is 3. The number of likely N-dealkylation sites (N-methyl/N-ethyl adjacent to an activating group) is 1. The molecular weight excluding hydrogens is 218 g/mol. The molecule has 1 aromatic rings. The summed E-state index contributed by atoms with van der Waals surface area (Å²) in [4.78, 5) is 6.88. The third-order valence-corrected chi connectivity index (χ3v) is 3.17. The monoisotopic (exact) mass is 227 g/mol. The maximum Gasteiger partial charge on any atom is 0.154 e. The van der Waals surface area contributed by atoms with E-state index in [1.807, 2.05) is 24.9 Å². The quantitative estimate of drug-likeness (QED) is 0.544.